The first kappa shape index (κ1) is 8.12. The van der Waals surface area contributed by atoms with Crippen molar-refractivity contribution in [3.05, 3.63) is 0 Å². The third-order valence-corrected chi connectivity index (χ3v) is 0.834. The van der Waals surface area contributed by atoms with Crippen molar-refractivity contribution in [1.82, 2.24) is 0 Å². The van der Waals surface area contributed by atoms with E-state index in [0.717, 1.165) is 0 Å². The van der Waals surface area contributed by atoms with Crippen LogP contribution in [0, 0.1) is 11.3 Å². The molecule has 3 nitrogen and oxygen atoms in total. The fourth-order valence-corrected chi connectivity index (χ4v) is 0.524. The third kappa shape index (κ3) is 3.68. The predicted octanol–water partition coefficient (Wildman–Crippen LogP) is 0.240. The smallest absolute Gasteiger partial charge is 0.155 e. The van der Waals surface area contributed by atoms with E-state index >= 15 is 0 Å². The molecule has 0 radical (unpaired) electrons. The summed E-state index contributed by atoms with van der Waals surface area (Å²) >= 11 is 0. The fraction of sp³-hybridized carbons (Fsp3) is 0.667. The summed E-state index contributed by atoms with van der Waals surface area (Å²) < 4.78 is 0. The maximum atomic E-state index is 10.3. The summed E-state index contributed by atoms with van der Waals surface area (Å²) in [5, 5.41) is 17.1. The number of Topliss-reactive ketones (excluding diaryl/α,β-unsaturated/α-hetero) is 1. The summed E-state index contributed by atoms with van der Waals surface area (Å²) in [6.45, 7) is 2.65. The number of hydrogen-bond donors (Lipinski definition) is 1. The molecule has 1 atom stereocenters. The molecule has 0 aromatic heterocycles. The summed E-state index contributed by atoms with van der Waals surface area (Å²) in [4.78, 5) is 10.3. The minimum absolute atomic E-state index is 0.0938. The van der Waals surface area contributed by atoms with E-state index in [1.165, 1.54) is 13.8 Å². The Bertz CT molecular complexity index is 155. The van der Waals surface area contributed by atoms with Crippen LogP contribution in [0.15, 0.2) is 0 Å². The Morgan fingerprint density at radius 2 is 2.33 bits per heavy atom. The molecular weight excluding hydrogens is 118 g/mol. The molecule has 0 amide bonds. The van der Waals surface area contributed by atoms with E-state index < -0.39 is 5.60 Å². The van der Waals surface area contributed by atoms with Crippen molar-refractivity contribution >= 4 is 5.78 Å². The van der Waals surface area contributed by atoms with Crippen LogP contribution < -0.4 is 0 Å². The molecule has 0 bridgehead atoms. The molecule has 0 aromatic carbocycles. The van der Waals surface area contributed by atoms with Gasteiger partial charge in [-0.15, -0.1) is 0 Å². The topological polar surface area (TPSA) is 61.1 Å². The largest absolute Gasteiger partial charge is 0.375 e. The van der Waals surface area contributed by atoms with Crippen molar-refractivity contribution in [2.24, 2.45) is 0 Å². The van der Waals surface area contributed by atoms with Crippen molar-refractivity contribution in [3.8, 4) is 6.07 Å². The average Bonchev–Trinajstić information content (AvgIpc) is 1.63. The highest BCUT2D eigenvalue weighted by atomic mass is 16.3. The molecule has 0 saturated carbocycles. The molecule has 0 fully saturated rings. The monoisotopic (exact) mass is 127 g/mol. The third-order valence-electron chi connectivity index (χ3n) is 0.834. The Balaban J connectivity index is 3.91. The first-order valence-corrected chi connectivity index (χ1v) is 2.61. The number of ketones is 1. The predicted molar refractivity (Wildman–Crippen MR) is 31.5 cm³/mol. The highest BCUT2D eigenvalue weighted by Crippen LogP contribution is 2.06. The molecule has 50 valence electrons. The van der Waals surface area contributed by atoms with Gasteiger partial charge in [-0.05, 0) is 13.8 Å². The van der Waals surface area contributed by atoms with Gasteiger partial charge in [0.15, 0.2) is 5.60 Å². The standard InChI is InChI=1S/C6H9NO2/c1-5(8)3-6(2,9)4-7/h9H,3H2,1-2H3. The number of carbonyl (C=O) groups excluding carboxylic acids is 1. The van der Waals surface area contributed by atoms with Gasteiger partial charge < -0.3 is 5.11 Å². The zero-order valence-electron chi connectivity index (χ0n) is 5.51. The first-order valence-electron chi connectivity index (χ1n) is 2.61. The summed E-state index contributed by atoms with van der Waals surface area (Å²) in [7, 11) is 0. The molecule has 0 heterocycles. The van der Waals surface area contributed by atoms with Crippen molar-refractivity contribution in [1.29, 1.82) is 5.26 Å². The molecule has 0 rings (SSSR count). The molecule has 0 spiro atoms. The van der Waals surface area contributed by atoms with Crippen LogP contribution in [-0.4, -0.2) is 16.5 Å². The van der Waals surface area contributed by atoms with E-state index in [4.69, 9.17) is 10.4 Å². The van der Waals surface area contributed by atoms with E-state index in [1.54, 1.807) is 6.07 Å². The summed E-state index contributed by atoms with van der Waals surface area (Å²) in [5.41, 5.74) is -1.48. The van der Waals surface area contributed by atoms with Crippen LogP contribution in [0.25, 0.3) is 0 Å². The van der Waals surface area contributed by atoms with Crippen LogP contribution in [0.3, 0.4) is 0 Å². The molecule has 0 aromatic rings. The quantitative estimate of drug-likeness (QED) is 0.540. The minimum Gasteiger partial charge on any atom is -0.375 e. The van der Waals surface area contributed by atoms with E-state index in [9.17, 15) is 4.79 Å². The average molecular weight is 127 g/mol. The van der Waals surface area contributed by atoms with Gasteiger partial charge in [0.05, 0.1) is 6.07 Å². The maximum absolute atomic E-state index is 10.3. The van der Waals surface area contributed by atoms with Crippen LogP contribution in [0.2, 0.25) is 0 Å². The van der Waals surface area contributed by atoms with Gasteiger partial charge in [-0.2, -0.15) is 5.26 Å². The normalized spacial score (nSPS) is 15.8. The molecule has 0 aliphatic carbocycles. The summed E-state index contributed by atoms with van der Waals surface area (Å²) in [5.74, 6) is -0.179. The highest BCUT2D eigenvalue weighted by molar-refractivity contribution is 5.77. The van der Waals surface area contributed by atoms with Crippen LogP contribution in [0.5, 0.6) is 0 Å². The molecular formula is C6H9NO2. The van der Waals surface area contributed by atoms with Gasteiger partial charge in [0.25, 0.3) is 0 Å². The van der Waals surface area contributed by atoms with E-state index in [2.05, 4.69) is 0 Å². The Hall–Kier alpha value is -0.880. The fourth-order valence-electron chi connectivity index (χ4n) is 0.524. The van der Waals surface area contributed by atoms with Crippen molar-refractivity contribution in [3.63, 3.8) is 0 Å². The molecule has 0 saturated heterocycles. The van der Waals surface area contributed by atoms with Gasteiger partial charge in [-0.1, -0.05) is 0 Å². The lowest BCUT2D eigenvalue weighted by atomic mass is 10.0. The molecule has 9 heavy (non-hydrogen) atoms. The van der Waals surface area contributed by atoms with Crippen LogP contribution in [-0.2, 0) is 4.79 Å². The minimum atomic E-state index is -1.48. The maximum Gasteiger partial charge on any atom is 0.155 e. The van der Waals surface area contributed by atoms with Crippen LogP contribution in [0.4, 0.5) is 0 Å². The van der Waals surface area contributed by atoms with Gasteiger partial charge in [0, 0.05) is 6.42 Å². The molecule has 0 aliphatic heterocycles. The molecule has 1 N–H and O–H groups in total. The van der Waals surface area contributed by atoms with E-state index in [0.29, 0.717) is 0 Å². The lowest BCUT2D eigenvalue weighted by molar-refractivity contribution is -0.119. The van der Waals surface area contributed by atoms with Crippen LogP contribution in [0.1, 0.15) is 20.3 Å². The number of nitriles is 1. The Morgan fingerprint density at radius 1 is 1.89 bits per heavy atom. The van der Waals surface area contributed by atoms with Crippen molar-refractivity contribution in [2.45, 2.75) is 25.9 Å². The van der Waals surface area contributed by atoms with Gasteiger partial charge in [0.1, 0.15) is 5.78 Å². The number of aliphatic hydroxyl groups is 1. The lowest BCUT2D eigenvalue weighted by Gasteiger charge is -2.09. The van der Waals surface area contributed by atoms with Gasteiger partial charge in [0.2, 0.25) is 0 Å². The summed E-state index contributed by atoms with van der Waals surface area (Å²) in [6.07, 6.45) is -0.0938. The van der Waals surface area contributed by atoms with Crippen LogP contribution >= 0.6 is 0 Å². The number of rotatable bonds is 2. The number of hydrogen-bond acceptors (Lipinski definition) is 3. The second-order valence-corrected chi connectivity index (χ2v) is 2.26. The van der Waals surface area contributed by atoms with Gasteiger partial charge >= 0.3 is 0 Å². The zero-order valence-corrected chi connectivity index (χ0v) is 5.51. The Morgan fingerprint density at radius 3 is 2.44 bits per heavy atom. The first-order chi connectivity index (χ1) is 3.98. The Kier molecular flexibility index (Phi) is 2.35. The molecule has 1 unspecified atom stereocenters. The summed E-state index contributed by atoms with van der Waals surface area (Å²) in [6, 6.07) is 1.61. The number of carbonyl (C=O) groups is 1. The lowest BCUT2D eigenvalue weighted by Crippen LogP contribution is -2.24. The highest BCUT2D eigenvalue weighted by Gasteiger charge is 2.20. The number of nitrogens with zero attached hydrogens (tertiary/aromatic N) is 1. The van der Waals surface area contributed by atoms with Crippen molar-refractivity contribution < 1.29 is 9.90 Å². The second kappa shape index (κ2) is 2.60. The zero-order chi connectivity index (χ0) is 7.49. The van der Waals surface area contributed by atoms with Gasteiger partial charge in [-0.25, -0.2) is 0 Å². The Labute approximate surface area is 53.9 Å². The van der Waals surface area contributed by atoms with E-state index in [1.807, 2.05) is 0 Å². The SMILES string of the molecule is CC(=O)CC(C)(O)C#N. The van der Waals surface area contributed by atoms with Crippen molar-refractivity contribution in [2.75, 3.05) is 0 Å². The van der Waals surface area contributed by atoms with Gasteiger partial charge in [-0.3, -0.25) is 4.79 Å². The molecule has 3 heteroatoms. The second-order valence-electron chi connectivity index (χ2n) is 2.26. The molecule has 0 aliphatic rings. The van der Waals surface area contributed by atoms with E-state index in [-0.39, 0.29) is 12.2 Å².